The van der Waals surface area contributed by atoms with Crippen LogP contribution in [0.2, 0.25) is 0 Å². The van der Waals surface area contributed by atoms with Crippen LogP contribution < -0.4 is 4.74 Å². The molecule has 5 heteroatoms. The Balaban J connectivity index is 1.90. The Labute approximate surface area is 221 Å². The van der Waals surface area contributed by atoms with Crippen molar-refractivity contribution in [1.29, 1.82) is 0 Å². The van der Waals surface area contributed by atoms with Gasteiger partial charge in [0.25, 0.3) is 0 Å². The maximum absolute atomic E-state index is 11.0. The van der Waals surface area contributed by atoms with Crippen molar-refractivity contribution in [3.05, 3.63) is 82.5 Å². The van der Waals surface area contributed by atoms with E-state index in [-0.39, 0.29) is 23.9 Å². The summed E-state index contributed by atoms with van der Waals surface area (Å²) >= 11 is 0. The fraction of sp³-hybridized carbons (Fsp3) is 0.438. The molecule has 5 nitrogen and oxygen atoms in total. The average Bonchev–Trinajstić information content (AvgIpc) is 2.84. The number of aliphatic hydroxyl groups is 1. The topological polar surface area (TPSA) is 79.7 Å². The molecule has 0 aliphatic heterocycles. The van der Waals surface area contributed by atoms with Crippen molar-refractivity contribution >= 4 is 5.97 Å². The van der Waals surface area contributed by atoms with Gasteiger partial charge in [-0.15, -0.1) is 0 Å². The number of carbonyl (C=O) groups is 1. The number of aliphatic hydroxyl groups excluding tert-OH is 1. The van der Waals surface area contributed by atoms with Crippen LogP contribution in [0.15, 0.2) is 54.7 Å². The van der Waals surface area contributed by atoms with Crippen molar-refractivity contribution in [3.63, 3.8) is 0 Å². The third-order valence-electron chi connectivity index (χ3n) is 7.57. The molecular formula is C32H41NO4. The van der Waals surface area contributed by atoms with Crippen LogP contribution in [0.4, 0.5) is 0 Å². The summed E-state index contributed by atoms with van der Waals surface area (Å²) in [5, 5.41) is 19.4. The SMILES string of the molecule is CCC(CC)(c1ccc(OCC(O)C(C)(C)C)c(C)c1)c1ccc(-c2ccc(CC(=O)O)cn2)c(C)c1. The van der Waals surface area contributed by atoms with E-state index in [0.29, 0.717) is 5.56 Å². The van der Waals surface area contributed by atoms with Gasteiger partial charge in [-0.05, 0) is 72.1 Å². The molecule has 0 aliphatic rings. The van der Waals surface area contributed by atoms with E-state index >= 15 is 0 Å². The Hall–Kier alpha value is -3.18. The zero-order valence-corrected chi connectivity index (χ0v) is 23.3. The number of hydrogen-bond acceptors (Lipinski definition) is 4. The Bertz CT molecular complexity index is 1220. The van der Waals surface area contributed by atoms with Gasteiger partial charge < -0.3 is 14.9 Å². The van der Waals surface area contributed by atoms with E-state index in [1.807, 2.05) is 39.0 Å². The first-order valence-electron chi connectivity index (χ1n) is 13.1. The van der Waals surface area contributed by atoms with E-state index in [9.17, 15) is 9.90 Å². The molecule has 198 valence electrons. The molecule has 0 amide bonds. The van der Waals surface area contributed by atoms with Gasteiger partial charge in [0.1, 0.15) is 12.4 Å². The standard InChI is InChI=1S/C32H41NO4/c1-8-32(9-2,25-12-15-28(22(4)17-25)37-20-29(34)31(5,6)7)24-11-13-26(21(3)16-24)27-14-10-23(19-33-27)18-30(35)36/h10-17,19,29,34H,8-9,18,20H2,1-7H3,(H,35,36). The van der Waals surface area contributed by atoms with E-state index in [2.05, 4.69) is 63.0 Å². The summed E-state index contributed by atoms with van der Waals surface area (Å²) in [5.74, 6) is -0.0556. The van der Waals surface area contributed by atoms with Gasteiger partial charge in [-0.1, -0.05) is 71.0 Å². The molecule has 0 bridgehead atoms. The lowest BCUT2D eigenvalue weighted by Crippen LogP contribution is -2.32. The van der Waals surface area contributed by atoms with Crippen molar-refractivity contribution in [2.75, 3.05) is 6.61 Å². The van der Waals surface area contributed by atoms with Crippen molar-refractivity contribution in [1.82, 2.24) is 4.98 Å². The normalized spacial score (nSPS) is 12.9. The Morgan fingerprint density at radius 2 is 1.57 bits per heavy atom. The van der Waals surface area contributed by atoms with E-state index in [0.717, 1.165) is 41.0 Å². The van der Waals surface area contributed by atoms with Crippen LogP contribution >= 0.6 is 0 Å². The third kappa shape index (κ3) is 6.40. The molecule has 1 heterocycles. The Kier molecular flexibility index (Phi) is 8.80. The number of benzene rings is 2. The van der Waals surface area contributed by atoms with E-state index in [1.54, 1.807) is 6.20 Å². The van der Waals surface area contributed by atoms with Crippen molar-refractivity contribution in [2.24, 2.45) is 5.41 Å². The van der Waals surface area contributed by atoms with Crippen LogP contribution in [0, 0.1) is 19.3 Å². The molecule has 2 N–H and O–H groups in total. The number of hydrogen-bond donors (Lipinski definition) is 2. The minimum Gasteiger partial charge on any atom is -0.491 e. The molecule has 0 saturated heterocycles. The highest BCUT2D eigenvalue weighted by Gasteiger charge is 2.32. The molecule has 0 fully saturated rings. The van der Waals surface area contributed by atoms with Gasteiger partial charge in [0.05, 0.1) is 18.2 Å². The monoisotopic (exact) mass is 503 g/mol. The zero-order chi connectivity index (χ0) is 27.4. The molecule has 1 aromatic heterocycles. The molecule has 0 spiro atoms. The van der Waals surface area contributed by atoms with Gasteiger partial charge in [-0.3, -0.25) is 9.78 Å². The summed E-state index contributed by atoms with van der Waals surface area (Å²) in [6, 6.07) is 16.7. The van der Waals surface area contributed by atoms with Gasteiger partial charge in [-0.25, -0.2) is 0 Å². The van der Waals surface area contributed by atoms with Crippen LogP contribution in [0.1, 0.15) is 75.3 Å². The highest BCUT2D eigenvalue weighted by atomic mass is 16.5. The molecule has 2 aromatic carbocycles. The van der Waals surface area contributed by atoms with Crippen LogP contribution in [-0.2, 0) is 16.6 Å². The van der Waals surface area contributed by atoms with Gasteiger partial charge in [0.2, 0.25) is 0 Å². The van der Waals surface area contributed by atoms with Crippen molar-refractivity contribution in [3.8, 4) is 17.0 Å². The average molecular weight is 504 g/mol. The summed E-state index contributed by atoms with van der Waals surface area (Å²) in [6.45, 7) is 14.9. The highest BCUT2D eigenvalue weighted by molar-refractivity contribution is 5.71. The molecule has 0 saturated carbocycles. The summed E-state index contributed by atoms with van der Waals surface area (Å²) in [6.07, 6.45) is 2.98. The predicted octanol–water partition coefficient (Wildman–Crippen LogP) is 6.88. The second kappa shape index (κ2) is 11.5. The smallest absolute Gasteiger partial charge is 0.307 e. The first kappa shape index (κ1) is 28.4. The van der Waals surface area contributed by atoms with Crippen LogP contribution in [0.3, 0.4) is 0 Å². The number of nitrogens with zero attached hydrogens (tertiary/aromatic N) is 1. The van der Waals surface area contributed by atoms with E-state index in [1.165, 1.54) is 11.1 Å². The van der Waals surface area contributed by atoms with Gasteiger partial charge in [0, 0.05) is 17.2 Å². The third-order valence-corrected chi connectivity index (χ3v) is 7.57. The lowest BCUT2D eigenvalue weighted by atomic mass is 9.69. The second-order valence-corrected chi connectivity index (χ2v) is 11.1. The number of aryl methyl sites for hydroxylation is 2. The molecule has 1 atom stereocenters. The number of rotatable bonds is 10. The second-order valence-electron chi connectivity index (χ2n) is 11.1. The van der Waals surface area contributed by atoms with Gasteiger partial charge in [0.15, 0.2) is 0 Å². The maximum Gasteiger partial charge on any atom is 0.307 e. The number of carboxylic acids is 1. The highest BCUT2D eigenvalue weighted by Crippen LogP contribution is 2.41. The largest absolute Gasteiger partial charge is 0.491 e. The Morgan fingerprint density at radius 3 is 2.05 bits per heavy atom. The lowest BCUT2D eigenvalue weighted by molar-refractivity contribution is -0.136. The minimum atomic E-state index is -0.858. The number of pyridine rings is 1. The number of carboxylic acid groups (broad SMARTS) is 1. The summed E-state index contributed by atoms with van der Waals surface area (Å²) in [5.41, 5.74) is 6.91. The Morgan fingerprint density at radius 1 is 0.946 bits per heavy atom. The van der Waals surface area contributed by atoms with Crippen LogP contribution in [0.25, 0.3) is 11.3 Å². The fourth-order valence-corrected chi connectivity index (χ4v) is 4.87. The van der Waals surface area contributed by atoms with Crippen LogP contribution in [-0.4, -0.2) is 33.9 Å². The fourth-order valence-electron chi connectivity index (χ4n) is 4.87. The number of aromatic nitrogens is 1. The molecule has 0 aliphatic carbocycles. The number of ether oxygens (including phenoxy) is 1. The van der Waals surface area contributed by atoms with Crippen LogP contribution in [0.5, 0.6) is 5.75 Å². The molecular weight excluding hydrogens is 462 g/mol. The zero-order valence-electron chi connectivity index (χ0n) is 23.3. The minimum absolute atomic E-state index is 0.0266. The molecule has 3 rings (SSSR count). The first-order chi connectivity index (χ1) is 17.4. The molecule has 3 aromatic rings. The quantitative estimate of drug-likeness (QED) is 0.315. The summed E-state index contributed by atoms with van der Waals surface area (Å²) < 4.78 is 5.99. The van der Waals surface area contributed by atoms with Gasteiger partial charge in [-0.2, -0.15) is 0 Å². The summed E-state index contributed by atoms with van der Waals surface area (Å²) in [4.78, 5) is 15.5. The first-order valence-corrected chi connectivity index (χ1v) is 13.1. The number of aliphatic carboxylic acids is 1. The maximum atomic E-state index is 11.0. The lowest BCUT2D eigenvalue weighted by Gasteiger charge is -2.34. The molecule has 0 radical (unpaired) electrons. The predicted molar refractivity (Wildman–Crippen MR) is 149 cm³/mol. The van der Waals surface area contributed by atoms with E-state index < -0.39 is 12.1 Å². The van der Waals surface area contributed by atoms with E-state index in [4.69, 9.17) is 9.84 Å². The van der Waals surface area contributed by atoms with Gasteiger partial charge >= 0.3 is 5.97 Å². The van der Waals surface area contributed by atoms with Crippen molar-refractivity contribution in [2.45, 2.75) is 79.2 Å². The summed E-state index contributed by atoms with van der Waals surface area (Å²) in [7, 11) is 0. The molecule has 37 heavy (non-hydrogen) atoms. The van der Waals surface area contributed by atoms with Crippen molar-refractivity contribution < 1.29 is 19.7 Å². The molecule has 1 unspecified atom stereocenters.